The van der Waals surface area contributed by atoms with Crippen molar-refractivity contribution in [2.45, 2.75) is 6.42 Å². The fourth-order valence-electron chi connectivity index (χ4n) is 2.38. The van der Waals surface area contributed by atoms with Crippen molar-refractivity contribution < 1.29 is 9.90 Å². The quantitative estimate of drug-likeness (QED) is 0.770. The fourth-order valence-corrected chi connectivity index (χ4v) is 3.61. The first-order chi connectivity index (χ1) is 11.6. The van der Waals surface area contributed by atoms with Crippen molar-refractivity contribution >= 4 is 44.3 Å². The third-order valence-corrected chi connectivity index (χ3v) is 5.27. The van der Waals surface area contributed by atoms with Gasteiger partial charge >= 0.3 is 0 Å². The number of Topliss-reactive ketones (excluding diaryl/α,β-unsaturated/α-hetero) is 1. The Morgan fingerprint density at radius 2 is 1.88 bits per heavy atom. The van der Waals surface area contributed by atoms with Crippen molar-refractivity contribution in [3.63, 3.8) is 0 Å². The Balaban J connectivity index is 1.86. The molecule has 4 nitrogen and oxygen atoms in total. The van der Waals surface area contributed by atoms with E-state index in [9.17, 15) is 9.90 Å². The molecule has 2 aromatic carbocycles. The van der Waals surface area contributed by atoms with E-state index in [0.717, 1.165) is 34.0 Å². The molecule has 0 atom stereocenters. The number of nitrogens with zero attached hydrogens (tertiary/aromatic N) is 2. The molecule has 0 aliphatic carbocycles. The van der Waals surface area contributed by atoms with E-state index in [1.165, 1.54) is 0 Å². The molecule has 3 rings (SSSR count). The molecule has 0 unspecified atom stereocenters. The summed E-state index contributed by atoms with van der Waals surface area (Å²) < 4.78 is 0.946. The fraction of sp³-hybridized carbons (Fsp3) is 0.222. The van der Waals surface area contributed by atoms with Crippen LogP contribution in [0.3, 0.4) is 0 Å². The van der Waals surface area contributed by atoms with E-state index in [-0.39, 0.29) is 18.1 Å². The average Bonchev–Trinajstić information content (AvgIpc) is 2.62. The molecule has 1 aliphatic heterocycles. The van der Waals surface area contributed by atoms with Gasteiger partial charge in [-0.1, -0.05) is 39.8 Å². The smallest absolute Gasteiger partial charge is 0.182 e. The Bertz CT molecular complexity index is 745. The molecule has 6 heteroatoms. The zero-order valence-electron chi connectivity index (χ0n) is 13.0. The normalized spacial score (nSPS) is 14.1. The highest BCUT2D eigenvalue weighted by molar-refractivity contribution is 9.10. The highest BCUT2D eigenvalue weighted by Gasteiger charge is 2.20. The Morgan fingerprint density at radius 1 is 1.17 bits per heavy atom. The van der Waals surface area contributed by atoms with Crippen molar-refractivity contribution in [2.24, 2.45) is 4.99 Å². The maximum atomic E-state index is 12.7. The Hall–Kier alpha value is -1.79. The topological polar surface area (TPSA) is 52.9 Å². The average molecular weight is 405 g/mol. The van der Waals surface area contributed by atoms with Crippen LogP contribution in [-0.4, -0.2) is 34.9 Å². The zero-order chi connectivity index (χ0) is 16.9. The number of rotatable bonds is 4. The molecular weight excluding hydrogens is 388 g/mol. The van der Waals surface area contributed by atoms with Crippen LogP contribution >= 0.6 is 27.7 Å². The van der Waals surface area contributed by atoms with Gasteiger partial charge in [0.15, 0.2) is 11.0 Å². The molecule has 0 saturated carbocycles. The molecule has 0 aromatic heterocycles. The van der Waals surface area contributed by atoms with Crippen LogP contribution in [0.5, 0.6) is 5.75 Å². The second-order valence-electron chi connectivity index (χ2n) is 5.40. The molecule has 0 spiro atoms. The monoisotopic (exact) mass is 404 g/mol. The first kappa shape index (κ1) is 17.0. The molecule has 0 fully saturated rings. The second-order valence-corrected chi connectivity index (χ2v) is 7.38. The van der Waals surface area contributed by atoms with Gasteiger partial charge in [0.2, 0.25) is 0 Å². The number of carbonyl (C=O) groups excluding carboxylic acids is 1. The van der Waals surface area contributed by atoms with Crippen LogP contribution in [0, 0.1) is 0 Å². The lowest BCUT2D eigenvalue weighted by Gasteiger charge is -2.27. The van der Waals surface area contributed by atoms with Gasteiger partial charge in [-0.25, -0.2) is 0 Å². The Labute approximate surface area is 153 Å². The van der Waals surface area contributed by atoms with Crippen LogP contribution < -0.4 is 4.90 Å². The number of aromatic hydroxyl groups is 1. The number of benzene rings is 2. The summed E-state index contributed by atoms with van der Waals surface area (Å²) in [7, 11) is 0. The molecule has 24 heavy (non-hydrogen) atoms. The summed E-state index contributed by atoms with van der Waals surface area (Å²) in [6, 6.07) is 14.2. The maximum absolute atomic E-state index is 12.7. The standard InChI is InChI=1S/C18H17BrN2O2S/c19-14-4-2-13(3-5-14)17(23)12-21(18-20-10-1-11-24-18)15-6-8-16(22)9-7-15/h2-9,22H,1,10-12H2. The van der Waals surface area contributed by atoms with Crippen molar-refractivity contribution in [3.8, 4) is 5.75 Å². The van der Waals surface area contributed by atoms with Gasteiger partial charge in [-0.3, -0.25) is 9.79 Å². The first-order valence-electron chi connectivity index (χ1n) is 7.66. The van der Waals surface area contributed by atoms with Crippen LogP contribution in [0.4, 0.5) is 5.69 Å². The summed E-state index contributed by atoms with van der Waals surface area (Å²) in [5, 5.41) is 10.4. The van der Waals surface area contributed by atoms with Gasteiger partial charge in [0.05, 0.1) is 6.54 Å². The van der Waals surface area contributed by atoms with Crippen LogP contribution in [0.25, 0.3) is 0 Å². The minimum atomic E-state index is 0.0319. The molecule has 1 heterocycles. The van der Waals surface area contributed by atoms with Crippen molar-refractivity contribution in [1.82, 2.24) is 0 Å². The van der Waals surface area contributed by atoms with E-state index >= 15 is 0 Å². The second kappa shape index (κ2) is 7.85. The molecule has 124 valence electrons. The number of phenolic OH excluding ortho intramolecular Hbond substituents is 1. The van der Waals surface area contributed by atoms with Crippen LogP contribution in [0.2, 0.25) is 0 Å². The number of aliphatic imine (C=N–C) groups is 1. The zero-order valence-corrected chi connectivity index (χ0v) is 15.4. The number of carbonyl (C=O) groups is 1. The highest BCUT2D eigenvalue weighted by atomic mass is 79.9. The number of anilines is 1. The summed E-state index contributed by atoms with van der Waals surface area (Å²) in [6.45, 7) is 1.00. The number of halogens is 1. The number of amidine groups is 1. The SMILES string of the molecule is O=C(CN(C1=NCCCS1)c1ccc(O)cc1)c1ccc(Br)cc1. The summed E-state index contributed by atoms with van der Waals surface area (Å²) in [5.74, 6) is 1.24. The molecule has 0 radical (unpaired) electrons. The molecule has 0 bridgehead atoms. The first-order valence-corrected chi connectivity index (χ1v) is 9.44. The lowest BCUT2D eigenvalue weighted by molar-refractivity contribution is 0.100. The van der Waals surface area contributed by atoms with E-state index in [1.54, 1.807) is 23.9 Å². The Kier molecular flexibility index (Phi) is 5.58. The van der Waals surface area contributed by atoms with Crippen molar-refractivity contribution in [2.75, 3.05) is 23.7 Å². The van der Waals surface area contributed by atoms with E-state index in [0.29, 0.717) is 5.56 Å². The van der Waals surface area contributed by atoms with Gasteiger partial charge in [0.25, 0.3) is 0 Å². The van der Waals surface area contributed by atoms with Gasteiger partial charge < -0.3 is 10.0 Å². The summed E-state index contributed by atoms with van der Waals surface area (Å²) in [6.07, 6.45) is 1.05. The van der Waals surface area contributed by atoms with E-state index in [2.05, 4.69) is 20.9 Å². The number of phenols is 1. The van der Waals surface area contributed by atoms with Crippen molar-refractivity contribution in [1.29, 1.82) is 0 Å². The maximum Gasteiger partial charge on any atom is 0.182 e. The number of hydrogen-bond acceptors (Lipinski definition) is 5. The van der Waals surface area contributed by atoms with E-state index < -0.39 is 0 Å². The van der Waals surface area contributed by atoms with Crippen LogP contribution in [0.15, 0.2) is 58.0 Å². The van der Waals surface area contributed by atoms with Gasteiger partial charge in [-0.05, 0) is 42.8 Å². The summed E-state index contributed by atoms with van der Waals surface area (Å²) in [5.41, 5.74) is 1.52. The lowest BCUT2D eigenvalue weighted by Crippen LogP contribution is -2.35. The number of thioether (sulfide) groups is 1. The number of ketones is 1. The third kappa shape index (κ3) is 4.19. The molecule has 0 saturated heterocycles. The Morgan fingerprint density at radius 3 is 2.50 bits per heavy atom. The predicted octanol–water partition coefficient (Wildman–Crippen LogP) is 4.34. The molecule has 0 amide bonds. The van der Waals surface area contributed by atoms with Crippen LogP contribution in [0.1, 0.15) is 16.8 Å². The lowest BCUT2D eigenvalue weighted by atomic mass is 10.1. The predicted molar refractivity (Wildman–Crippen MR) is 103 cm³/mol. The summed E-state index contributed by atoms with van der Waals surface area (Å²) >= 11 is 5.05. The van der Waals surface area contributed by atoms with Gasteiger partial charge in [-0.2, -0.15) is 0 Å². The van der Waals surface area contributed by atoms with Crippen molar-refractivity contribution in [3.05, 3.63) is 58.6 Å². The van der Waals surface area contributed by atoms with Gasteiger partial charge in [0.1, 0.15) is 5.75 Å². The molecule has 2 aromatic rings. The van der Waals surface area contributed by atoms with E-state index in [4.69, 9.17) is 0 Å². The minimum absolute atomic E-state index is 0.0319. The highest BCUT2D eigenvalue weighted by Crippen LogP contribution is 2.25. The summed E-state index contributed by atoms with van der Waals surface area (Å²) in [4.78, 5) is 19.2. The molecule has 1 N–H and O–H groups in total. The minimum Gasteiger partial charge on any atom is -0.508 e. The third-order valence-electron chi connectivity index (χ3n) is 3.64. The largest absolute Gasteiger partial charge is 0.508 e. The van der Waals surface area contributed by atoms with E-state index in [1.807, 2.05) is 41.3 Å². The van der Waals surface area contributed by atoms with Gasteiger partial charge in [-0.15, -0.1) is 0 Å². The molecule has 1 aliphatic rings. The van der Waals surface area contributed by atoms with Gasteiger partial charge in [0, 0.05) is 28.0 Å². The number of hydrogen-bond donors (Lipinski definition) is 1. The molecular formula is C18H17BrN2O2S. The van der Waals surface area contributed by atoms with Crippen LogP contribution in [-0.2, 0) is 0 Å².